The number of benzene rings is 2. The first-order valence-corrected chi connectivity index (χ1v) is 8.88. The fourth-order valence-electron chi connectivity index (χ4n) is 2.88. The summed E-state index contributed by atoms with van der Waals surface area (Å²) >= 11 is 0. The number of nitrogens with two attached hydrogens (primary N) is 1. The molecule has 4 N–H and O–H groups in total. The average Bonchev–Trinajstić information content (AvgIpc) is 3.18. The summed E-state index contributed by atoms with van der Waals surface area (Å²) in [7, 11) is 0. The Morgan fingerprint density at radius 3 is 2.81 bits per heavy atom. The van der Waals surface area contributed by atoms with Crippen molar-refractivity contribution in [2.24, 2.45) is 5.73 Å². The van der Waals surface area contributed by atoms with E-state index >= 15 is 0 Å². The first-order valence-electron chi connectivity index (χ1n) is 8.88. The highest BCUT2D eigenvalue weighted by molar-refractivity contribution is 5.96. The molecule has 0 bridgehead atoms. The van der Waals surface area contributed by atoms with Crippen molar-refractivity contribution in [1.82, 2.24) is 5.32 Å². The fraction of sp³-hybridized carbons (Fsp3) is 0.300. The van der Waals surface area contributed by atoms with Crippen molar-refractivity contribution in [3.8, 4) is 5.75 Å². The number of urea groups is 1. The van der Waals surface area contributed by atoms with Crippen LogP contribution in [0.3, 0.4) is 0 Å². The zero-order valence-electron chi connectivity index (χ0n) is 14.9. The normalized spacial score (nSPS) is 15.9. The summed E-state index contributed by atoms with van der Waals surface area (Å²) in [5.74, 6) is 0.513. The third-order valence-electron chi connectivity index (χ3n) is 4.20. The summed E-state index contributed by atoms with van der Waals surface area (Å²) in [5.41, 5.74) is 6.93. The molecule has 2 aromatic rings. The van der Waals surface area contributed by atoms with Gasteiger partial charge in [0.25, 0.3) is 5.91 Å². The first kappa shape index (κ1) is 18.7. The lowest BCUT2D eigenvalue weighted by atomic mass is 10.1. The number of hydrogen-bond acceptors (Lipinski definition) is 4. The van der Waals surface area contributed by atoms with E-state index in [-0.39, 0.29) is 12.0 Å². The second kappa shape index (κ2) is 9.05. The maximum Gasteiger partial charge on any atom is 0.316 e. The number of rotatable bonds is 7. The minimum atomic E-state index is -0.674. The maximum absolute atomic E-state index is 12.3. The quantitative estimate of drug-likeness (QED) is 0.698. The third-order valence-corrected chi connectivity index (χ3v) is 4.20. The highest BCUT2D eigenvalue weighted by atomic mass is 16.5. The highest BCUT2D eigenvalue weighted by Gasteiger charge is 2.16. The molecule has 1 aliphatic rings. The Kier molecular flexibility index (Phi) is 6.27. The van der Waals surface area contributed by atoms with Gasteiger partial charge in [0, 0.05) is 24.4 Å². The number of nitrogens with one attached hydrogen (secondary N) is 2. The molecule has 3 amide bonds. The molecule has 1 aliphatic heterocycles. The maximum atomic E-state index is 12.3. The van der Waals surface area contributed by atoms with Crippen molar-refractivity contribution >= 4 is 17.6 Å². The average molecular weight is 369 g/mol. The molecule has 0 unspecified atom stereocenters. The van der Waals surface area contributed by atoms with Crippen LogP contribution in [0, 0.1) is 0 Å². The highest BCUT2D eigenvalue weighted by Crippen LogP contribution is 2.17. The van der Waals surface area contributed by atoms with Crippen LogP contribution in [0.1, 0.15) is 28.8 Å². The molecule has 1 heterocycles. The van der Waals surface area contributed by atoms with Crippen LogP contribution >= 0.6 is 0 Å². The number of ether oxygens (including phenoxy) is 2. The smallest absolute Gasteiger partial charge is 0.316 e. The van der Waals surface area contributed by atoms with Gasteiger partial charge in [0.1, 0.15) is 12.4 Å². The standard InChI is InChI=1S/C20H23N3O4/c21-20(25)23-16-6-2-5-15(11-16)19(24)22-12-14-4-1-7-17(10-14)27-13-18-8-3-9-26-18/h1-2,4-7,10-11,18H,3,8-9,12-13H2,(H,22,24)(H3,21,23,25)/t18-/m0/s1. The molecular formula is C20H23N3O4. The molecule has 0 spiro atoms. The van der Waals surface area contributed by atoms with E-state index in [4.69, 9.17) is 15.2 Å². The molecule has 0 aliphatic carbocycles. The van der Waals surface area contributed by atoms with Crippen LogP contribution in [0.4, 0.5) is 10.5 Å². The summed E-state index contributed by atoms with van der Waals surface area (Å²) in [6.07, 6.45) is 2.27. The SMILES string of the molecule is NC(=O)Nc1cccc(C(=O)NCc2cccc(OC[C@@H]3CCCO3)c2)c1. The van der Waals surface area contributed by atoms with Gasteiger partial charge in [-0.25, -0.2) is 4.79 Å². The number of amides is 3. The minimum absolute atomic E-state index is 0.162. The Morgan fingerprint density at radius 1 is 1.19 bits per heavy atom. The van der Waals surface area contributed by atoms with Crippen molar-refractivity contribution in [3.63, 3.8) is 0 Å². The van der Waals surface area contributed by atoms with Gasteiger partial charge in [-0.15, -0.1) is 0 Å². The molecule has 0 aromatic heterocycles. The van der Waals surface area contributed by atoms with E-state index in [0.29, 0.717) is 24.4 Å². The summed E-state index contributed by atoms with van der Waals surface area (Å²) in [6.45, 7) is 1.70. The minimum Gasteiger partial charge on any atom is -0.491 e. The van der Waals surface area contributed by atoms with Gasteiger partial charge in [-0.3, -0.25) is 4.79 Å². The lowest BCUT2D eigenvalue weighted by Crippen LogP contribution is -2.23. The van der Waals surface area contributed by atoms with Crippen molar-refractivity contribution in [2.75, 3.05) is 18.5 Å². The second-order valence-electron chi connectivity index (χ2n) is 6.35. The van der Waals surface area contributed by atoms with Gasteiger partial charge in [0.05, 0.1) is 6.10 Å². The number of anilines is 1. The molecule has 27 heavy (non-hydrogen) atoms. The lowest BCUT2D eigenvalue weighted by Gasteiger charge is -2.12. The van der Waals surface area contributed by atoms with E-state index in [9.17, 15) is 9.59 Å². The number of carbonyl (C=O) groups is 2. The van der Waals surface area contributed by atoms with E-state index < -0.39 is 6.03 Å². The Hall–Kier alpha value is -3.06. The first-order chi connectivity index (χ1) is 13.1. The molecule has 7 nitrogen and oxygen atoms in total. The fourth-order valence-corrected chi connectivity index (χ4v) is 2.88. The molecule has 0 saturated carbocycles. The van der Waals surface area contributed by atoms with Crippen LogP contribution in [0.5, 0.6) is 5.75 Å². The Bertz CT molecular complexity index is 803. The van der Waals surface area contributed by atoms with Crippen LogP contribution in [0.2, 0.25) is 0 Å². The zero-order valence-corrected chi connectivity index (χ0v) is 14.9. The van der Waals surface area contributed by atoms with E-state index in [0.717, 1.165) is 30.8 Å². The van der Waals surface area contributed by atoms with Crippen molar-refractivity contribution in [3.05, 3.63) is 59.7 Å². The molecule has 142 valence electrons. The van der Waals surface area contributed by atoms with Crippen LogP contribution in [0.15, 0.2) is 48.5 Å². The molecule has 1 fully saturated rings. The molecule has 1 atom stereocenters. The predicted molar refractivity (Wildman–Crippen MR) is 102 cm³/mol. The van der Waals surface area contributed by atoms with Gasteiger partial charge < -0.3 is 25.8 Å². The molecule has 2 aromatic carbocycles. The molecule has 0 radical (unpaired) electrons. The van der Waals surface area contributed by atoms with Crippen LogP contribution in [-0.2, 0) is 11.3 Å². The van der Waals surface area contributed by atoms with Gasteiger partial charge in [-0.2, -0.15) is 0 Å². The van der Waals surface area contributed by atoms with Gasteiger partial charge in [0.2, 0.25) is 0 Å². The number of hydrogen-bond donors (Lipinski definition) is 3. The Labute approximate surface area is 157 Å². The zero-order chi connectivity index (χ0) is 19.1. The summed E-state index contributed by atoms with van der Waals surface area (Å²) < 4.78 is 11.3. The van der Waals surface area contributed by atoms with Gasteiger partial charge >= 0.3 is 6.03 Å². The summed E-state index contributed by atoms with van der Waals surface area (Å²) in [4.78, 5) is 23.3. The summed E-state index contributed by atoms with van der Waals surface area (Å²) in [5, 5.41) is 5.31. The monoisotopic (exact) mass is 369 g/mol. The van der Waals surface area contributed by atoms with E-state index in [2.05, 4.69) is 10.6 Å². The van der Waals surface area contributed by atoms with Gasteiger partial charge in [-0.05, 0) is 48.7 Å². The van der Waals surface area contributed by atoms with Crippen LogP contribution < -0.4 is 21.1 Å². The van der Waals surface area contributed by atoms with E-state index in [1.54, 1.807) is 24.3 Å². The lowest BCUT2D eigenvalue weighted by molar-refractivity contribution is 0.0679. The van der Waals surface area contributed by atoms with E-state index in [1.807, 2.05) is 24.3 Å². The van der Waals surface area contributed by atoms with Crippen molar-refractivity contribution in [1.29, 1.82) is 0 Å². The third kappa shape index (κ3) is 5.72. The van der Waals surface area contributed by atoms with Crippen molar-refractivity contribution in [2.45, 2.75) is 25.5 Å². The Balaban J connectivity index is 1.54. The largest absolute Gasteiger partial charge is 0.491 e. The van der Waals surface area contributed by atoms with Crippen LogP contribution in [-0.4, -0.2) is 31.3 Å². The number of primary amides is 1. The van der Waals surface area contributed by atoms with Gasteiger partial charge in [0.15, 0.2) is 0 Å². The number of carbonyl (C=O) groups excluding carboxylic acids is 2. The summed E-state index contributed by atoms with van der Waals surface area (Å²) in [6, 6.07) is 13.5. The predicted octanol–water partition coefficient (Wildman–Crippen LogP) is 2.67. The van der Waals surface area contributed by atoms with Gasteiger partial charge in [-0.1, -0.05) is 18.2 Å². The molecule has 7 heteroatoms. The molecule has 1 saturated heterocycles. The molecule has 3 rings (SSSR count). The Morgan fingerprint density at radius 2 is 2.04 bits per heavy atom. The van der Waals surface area contributed by atoms with Crippen LogP contribution in [0.25, 0.3) is 0 Å². The van der Waals surface area contributed by atoms with Crippen molar-refractivity contribution < 1.29 is 19.1 Å². The topological polar surface area (TPSA) is 103 Å². The molecular weight excluding hydrogens is 346 g/mol. The second-order valence-corrected chi connectivity index (χ2v) is 6.35. The van der Waals surface area contributed by atoms with E-state index in [1.165, 1.54) is 0 Å².